The second-order valence-electron chi connectivity index (χ2n) is 4.86. The zero-order chi connectivity index (χ0) is 18.7. The molecule has 0 radical (unpaired) electrons. The summed E-state index contributed by atoms with van der Waals surface area (Å²) in [5.41, 5.74) is 0.649. The predicted molar refractivity (Wildman–Crippen MR) is 96.5 cm³/mol. The van der Waals surface area contributed by atoms with Crippen LogP contribution in [0.5, 0.6) is 0 Å². The molecule has 0 aliphatic heterocycles. The summed E-state index contributed by atoms with van der Waals surface area (Å²) in [5.74, 6) is -1.25. The number of carbonyl (C=O) groups is 3. The van der Waals surface area contributed by atoms with Gasteiger partial charge in [0.1, 0.15) is 11.2 Å². The summed E-state index contributed by atoms with van der Waals surface area (Å²) >= 11 is 18.6. The molecule has 1 amide bonds. The summed E-state index contributed by atoms with van der Waals surface area (Å²) in [6.45, 7) is 6.12. The predicted octanol–water partition coefficient (Wildman–Crippen LogP) is 3.68. The molecule has 134 valence electrons. The molecule has 1 atom stereocenters. The van der Waals surface area contributed by atoms with Crippen molar-refractivity contribution in [1.82, 2.24) is 5.32 Å². The molecule has 0 aliphatic rings. The van der Waals surface area contributed by atoms with Crippen molar-refractivity contribution in [2.75, 3.05) is 11.9 Å². The summed E-state index contributed by atoms with van der Waals surface area (Å²) in [6.07, 6.45) is -1.11. The third-order valence-corrected chi connectivity index (χ3v) is 4.87. The van der Waals surface area contributed by atoms with Gasteiger partial charge < -0.3 is 15.4 Å². The number of Topliss-reactive ketones (excluding diaryl/α,β-unsaturated/α-hetero) is 1. The van der Waals surface area contributed by atoms with Gasteiger partial charge in [0.15, 0.2) is 5.78 Å². The van der Waals surface area contributed by atoms with Crippen molar-refractivity contribution < 1.29 is 19.1 Å². The number of nitrogens with one attached hydrogen (secondary N) is 2. The van der Waals surface area contributed by atoms with E-state index < -0.39 is 21.8 Å². The number of alkyl halides is 3. The van der Waals surface area contributed by atoms with Crippen molar-refractivity contribution in [1.29, 1.82) is 0 Å². The highest BCUT2D eigenvalue weighted by molar-refractivity contribution is 7.18. The maximum absolute atomic E-state index is 12.2. The Bertz CT molecular complexity index is 655. The Kier molecular flexibility index (Phi) is 7.34. The van der Waals surface area contributed by atoms with Gasteiger partial charge in [-0.05, 0) is 26.3 Å². The van der Waals surface area contributed by atoms with Crippen LogP contribution in [0, 0.1) is 6.92 Å². The first kappa shape index (κ1) is 21.0. The van der Waals surface area contributed by atoms with E-state index in [1.807, 2.05) is 0 Å². The summed E-state index contributed by atoms with van der Waals surface area (Å²) in [7, 11) is 0. The van der Waals surface area contributed by atoms with E-state index in [2.05, 4.69) is 10.6 Å². The van der Waals surface area contributed by atoms with Crippen LogP contribution < -0.4 is 10.6 Å². The fraction of sp³-hybridized carbons (Fsp3) is 0.500. The number of anilines is 1. The Hall–Kier alpha value is -1.02. The van der Waals surface area contributed by atoms with E-state index in [-0.39, 0.29) is 23.0 Å². The molecule has 1 rings (SSSR count). The highest BCUT2D eigenvalue weighted by Gasteiger charge is 2.35. The molecule has 0 unspecified atom stereocenters. The Morgan fingerprint density at radius 1 is 1.25 bits per heavy atom. The Labute approximate surface area is 158 Å². The topological polar surface area (TPSA) is 84.5 Å². The molecule has 10 heteroatoms. The molecule has 1 heterocycles. The quantitative estimate of drug-likeness (QED) is 0.320. The van der Waals surface area contributed by atoms with Gasteiger partial charge in [-0.25, -0.2) is 4.79 Å². The van der Waals surface area contributed by atoms with Crippen LogP contribution in [0.15, 0.2) is 0 Å². The Morgan fingerprint density at radius 2 is 1.83 bits per heavy atom. The smallest absolute Gasteiger partial charge is 0.341 e. The molecule has 0 spiro atoms. The van der Waals surface area contributed by atoms with Gasteiger partial charge >= 0.3 is 5.97 Å². The van der Waals surface area contributed by atoms with Gasteiger partial charge in [-0.15, -0.1) is 11.3 Å². The van der Waals surface area contributed by atoms with E-state index in [1.165, 1.54) is 13.8 Å². The number of rotatable bonds is 6. The van der Waals surface area contributed by atoms with E-state index in [4.69, 9.17) is 39.5 Å². The zero-order valence-corrected chi connectivity index (χ0v) is 16.5. The molecule has 0 aromatic carbocycles. The van der Waals surface area contributed by atoms with Gasteiger partial charge in [0, 0.05) is 6.92 Å². The molecular formula is C14H17Cl3N2O4S. The van der Waals surface area contributed by atoms with Crippen molar-refractivity contribution in [3.63, 3.8) is 0 Å². The number of ketones is 1. The lowest BCUT2D eigenvalue weighted by Gasteiger charge is -2.26. The lowest BCUT2D eigenvalue weighted by molar-refractivity contribution is -0.119. The first-order valence-corrected chi connectivity index (χ1v) is 8.85. The first-order chi connectivity index (χ1) is 11.0. The number of halogens is 3. The number of amides is 1. The largest absolute Gasteiger partial charge is 0.462 e. The van der Waals surface area contributed by atoms with Crippen LogP contribution in [0.25, 0.3) is 0 Å². The average Bonchev–Trinajstić information content (AvgIpc) is 2.73. The number of hydrogen-bond acceptors (Lipinski definition) is 6. The minimum absolute atomic E-state index is 0.169. The van der Waals surface area contributed by atoms with Crippen molar-refractivity contribution >= 4 is 68.8 Å². The second kappa shape index (κ2) is 8.38. The molecule has 0 bridgehead atoms. The van der Waals surface area contributed by atoms with Crippen LogP contribution >= 0.6 is 46.1 Å². The highest BCUT2D eigenvalue weighted by Crippen LogP contribution is 2.37. The average molecular weight is 416 g/mol. The summed E-state index contributed by atoms with van der Waals surface area (Å²) in [4.78, 5) is 35.7. The number of ether oxygens (including phenoxy) is 1. The third kappa shape index (κ3) is 5.24. The van der Waals surface area contributed by atoms with Crippen molar-refractivity contribution in [2.45, 2.75) is 37.7 Å². The molecule has 1 aromatic rings. The van der Waals surface area contributed by atoms with E-state index in [0.717, 1.165) is 11.3 Å². The van der Waals surface area contributed by atoms with E-state index in [1.54, 1.807) is 13.8 Å². The van der Waals surface area contributed by atoms with Gasteiger partial charge in [0.25, 0.3) is 0 Å². The number of esters is 1. The Balaban J connectivity index is 3.34. The summed E-state index contributed by atoms with van der Waals surface area (Å²) in [6, 6.07) is 0. The van der Waals surface area contributed by atoms with Gasteiger partial charge in [-0.1, -0.05) is 34.8 Å². The van der Waals surface area contributed by atoms with E-state index in [0.29, 0.717) is 10.4 Å². The molecule has 0 fully saturated rings. The van der Waals surface area contributed by atoms with Crippen LogP contribution in [0.2, 0.25) is 0 Å². The summed E-state index contributed by atoms with van der Waals surface area (Å²) < 4.78 is 3.14. The number of carbonyl (C=O) groups excluding carboxylic acids is 3. The third-order valence-electron chi connectivity index (χ3n) is 2.90. The molecule has 0 aliphatic carbocycles. The molecule has 24 heavy (non-hydrogen) atoms. The van der Waals surface area contributed by atoms with Gasteiger partial charge in [0.05, 0.1) is 17.0 Å². The highest BCUT2D eigenvalue weighted by atomic mass is 35.6. The van der Waals surface area contributed by atoms with E-state index in [9.17, 15) is 14.4 Å². The van der Waals surface area contributed by atoms with Gasteiger partial charge in [-0.3, -0.25) is 9.59 Å². The van der Waals surface area contributed by atoms with Crippen LogP contribution in [-0.2, 0) is 9.53 Å². The number of hydrogen-bond donors (Lipinski definition) is 2. The minimum Gasteiger partial charge on any atom is -0.462 e. The molecule has 0 saturated carbocycles. The Morgan fingerprint density at radius 3 is 2.25 bits per heavy atom. The molecule has 1 aromatic heterocycles. The number of thiophene rings is 1. The van der Waals surface area contributed by atoms with Gasteiger partial charge in [0.2, 0.25) is 9.70 Å². The van der Waals surface area contributed by atoms with Crippen LogP contribution in [0.4, 0.5) is 5.00 Å². The first-order valence-electron chi connectivity index (χ1n) is 6.90. The lowest BCUT2D eigenvalue weighted by atomic mass is 10.1. The monoisotopic (exact) mass is 414 g/mol. The van der Waals surface area contributed by atoms with Crippen LogP contribution in [0.3, 0.4) is 0 Å². The SMILES string of the molecule is CCOC(=O)c1c(N[C@@H](NC(C)=O)C(Cl)(Cl)Cl)sc(C(C)=O)c1C. The molecular weight excluding hydrogens is 399 g/mol. The second-order valence-corrected chi connectivity index (χ2v) is 8.25. The normalized spacial score (nSPS) is 12.5. The maximum atomic E-state index is 12.2. The van der Waals surface area contributed by atoms with Gasteiger partial charge in [-0.2, -0.15) is 0 Å². The molecule has 0 saturated heterocycles. The molecule has 2 N–H and O–H groups in total. The van der Waals surface area contributed by atoms with Crippen molar-refractivity contribution in [2.24, 2.45) is 0 Å². The molecule has 6 nitrogen and oxygen atoms in total. The van der Waals surface area contributed by atoms with Crippen LogP contribution in [-0.4, -0.2) is 34.2 Å². The van der Waals surface area contributed by atoms with E-state index >= 15 is 0 Å². The minimum atomic E-state index is -1.88. The lowest BCUT2D eigenvalue weighted by Crippen LogP contribution is -2.48. The zero-order valence-electron chi connectivity index (χ0n) is 13.5. The fourth-order valence-electron chi connectivity index (χ4n) is 1.93. The fourth-order valence-corrected chi connectivity index (χ4v) is 3.38. The summed E-state index contributed by atoms with van der Waals surface area (Å²) in [5, 5.41) is 5.54. The van der Waals surface area contributed by atoms with Crippen molar-refractivity contribution in [3.8, 4) is 0 Å². The maximum Gasteiger partial charge on any atom is 0.341 e. The standard InChI is InChI=1S/C14H17Cl3N2O4S/c1-5-23-12(22)9-6(2)10(7(3)20)24-11(9)19-13(14(15,16)17)18-8(4)21/h13,19H,5H2,1-4H3,(H,18,21)/t13-/m1/s1. The van der Waals surface area contributed by atoms with Crippen molar-refractivity contribution in [3.05, 3.63) is 16.0 Å². The van der Waals surface area contributed by atoms with Crippen LogP contribution in [0.1, 0.15) is 46.4 Å².